The summed E-state index contributed by atoms with van der Waals surface area (Å²) >= 11 is 1.64. The number of ether oxygens (including phenoxy) is 2. The summed E-state index contributed by atoms with van der Waals surface area (Å²) in [6.07, 6.45) is 6.32. The summed E-state index contributed by atoms with van der Waals surface area (Å²) in [6.45, 7) is 3.54. The summed E-state index contributed by atoms with van der Waals surface area (Å²) in [4.78, 5) is 11.2. The maximum atomic E-state index is 6.05. The van der Waals surface area contributed by atoms with Gasteiger partial charge in [-0.05, 0) is 56.7 Å². The van der Waals surface area contributed by atoms with Crippen LogP contribution in [0.3, 0.4) is 0 Å². The van der Waals surface area contributed by atoms with Gasteiger partial charge in [0.2, 0.25) is 0 Å². The minimum Gasteiger partial charge on any atom is -0.490 e. The molecule has 0 spiro atoms. The Bertz CT molecular complexity index is 806. The minimum atomic E-state index is 0. The molecule has 31 heavy (non-hydrogen) atoms. The highest BCUT2D eigenvalue weighted by Gasteiger charge is 2.16. The van der Waals surface area contributed by atoms with Crippen LogP contribution in [0.25, 0.3) is 0 Å². The summed E-state index contributed by atoms with van der Waals surface area (Å²) in [6, 6.07) is 8.50. The SMILES string of the molecule is CN=C(NCCc1ccc(OC2CCCC2)cc1)N(C)Cc1csc(C(C)OC)n1.I. The molecule has 0 saturated heterocycles. The second kappa shape index (κ2) is 13.2. The van der Waals surface area contributed by atoms with Crippen molar-refractivity contribution in [2.45, 2.75) is 57.8 Å². The molecule has 1 atom stereocenters. The van der Waals surface area contributed by atoms with E-state index in [1.807, 2.05) is 21.0 Å². The molecule has 0 radical (unpaired) electrons. The Morgan fingerprint density at radius 1 is 1.29 bits per heavy atom. The standard InChI is InChI=1S/C23H34N4O2S.HI/c1-17(28-4)22-26-19(16-30-22)15-27(3)23(24-2)25-14-13-18-9-11-21(12-10-18)29-20-7-5-6-8-20;/h9-12,16-17,20H,5-8,13-15H2,1-4H3,(H,24,25);1H. The van der Waals surface area contributed by atoms with Crippen LogP contribution in [0.2, 0.25) is 0 Å². The quantitative estimate of drug-likeness (QED) is 0.266. The molecular weight excluding hydrogens is 523 g/mol. The monoisotopic (exact) mass is 558 g/mol. The van der Waals surface area contributed by atoms with E-state index < -0.39 is 0 Å². The number of aromatic nitrogens is 1. The zero-order valence-corrected chi connectivity index (χ0v) is 22.1. The molecule has 0 aliphatic heterocycles. The smallest absolute Gasteiger partial charge is 0.193 e. The van der Waals surface area contributed by atoms with Gasteiger partial charge in [-0.25, -0.2) is 4.98 Å². The van der Waals surface area contributed by atoms with Crippen LogP contribution in [0.15, 0.2) is 34.6 Å². The van der Waals surface area contributed by atoms with Gasteiger partial charge in [-0.2, -0.15) is 0 Å². The Balaban J connectivity index is 0.00000341. The van der Waals surface area contributed by atoms with Crippen LogP contribution < -0.4 is 10.1 Å². The molecule has 0 amide bonds. The minimum absolute atomic E-state index is 0. The van der Waals surface area contributed by atoms with Crippen molar-refractivity contribution in [1.82, 2.24) is 15.2 Å². The fraction of sp³-hybridized carbons (Fsp3) is 0.565. The van der Waals surface area contributed by atoms with Gasteiger partial charge in [0.25, 0.3) is 0 Å². The first kappa shape index (κ1) is 25.9. The van der Waals surface area contributed by atoms with Gasteiger partial charge in [0.15, 0.2) is 5.96 Å². The number of aliphatic imine (C=N–C) groups is 1. The number of benzene rings is 1. The number of hydrogen-bond acceptors (Lipinski definition) is 5. The number of halogens is 1. The lowest BCUT2D eigenvalue weighted by atomic mass is 10.1. The van der Waals surface area contributed by atoms with Crippen molar-refractivity contribution < 1.29 is 9.47 Å². The number of hydrogen-bond donors (Lipinski definition) is 1. The molecule has 172 valence electrons. The Morgan fingerprint density at radius 3 is 2.65 bits per heavy atom. The van der Waals surface area contributed by atoms with Crippen LogP contribution in [-0.2, 0) is 17.7 Å². The third-order valence-electron chi connectivity index (χ3n) is 5.47. The first-order valence-electron chi connectivity index (χ1n) is 10.7. The van der Waals surface area contributed by atoms with Gasteiger partial charge >= 0.3 is 0 Å². The molecule has 8 heteroatoms. The number of thiazole rings is 1. The summed E-state index contributed by atoms with van der Waals surface area (Å²) in [5, 5.41) is 6.54. The molecule has 1 heterocycles. The summed E-state index contributed by atoms with van der Waals surface area (Å²) in [7, 11) is 5.55. The molecular formula is C23H35IN4O2S. The maximum Gasteiger partial charge on any atom is 0.193 e. The summed E-state index contributed by atoms with van der Waals surface area (Å²) < 4.78 is 11.4. The summed E-state index contributed by atoms with van der Waals surface area (Å²) in [5.41, 5.74) is 2.32. The molecule has 1 aliphatic rings. The van der Waals surface area contributed by atoms with Gasteiger partial charge in [-0.15, -0.1) is 35.3 Å². The molecule has 2 aromatic rings. The van der Waals surface area contributed by atoms with Crippen LogP contribution in [0.5, 0.6) is 5.75 Å². The number of nitrogens with one attached hydrogen (secondary N) is 1. The number of methoxy groups -OCH3 is 1. The van der Waals surface area contributed by atoms with Crippen molar-refractivity contribution in [2.75, 3.05) is 27.7 Å². The van der Waals surface area contributed by atoms with Gasteiger partial charge in [-0.1, -0.05) is 12.1 Å². The molecule has 3 rings (SSSR count). The molecule has 1 saturated carbocycles. The van der Waals surface area contributed by atoms with E-state index in [1.54, 1.807) is 18.4 Å². The van der Waals surface area contributed by atoms with E-state index in [0.29, 0.717) is 12.6 Å². The highest BCUT2D eigenvalue weighted by molar-refractivity contribution is 14.0. The van der Waals surface area contributed by atoms with E-state index >= 15 is 0 Å². The van der Waals surface area contributed by atoms with E-state index in [1.165, 1.54) is 31.2 Å². The van der Waals surface area contributed by atoms with Gasteiger partial charge in [0.05, 0.1) is 18.3 Å². The average Bonchev–Trinajstić information content (AvgIpc) is 3.44. The largest absolute Gasteiger partial charge is 0.490 e. The first-order valence-corrected chi connectivity index (χ1v) is 11.6. The van der Waals surface area contributed by atoms with Crippen molar-refractivity contribution in [3.63, 3.8) is 0 Å². The zero-order valence-electron chi connectivity index (χ0n) is 19.0. The molecule has 1 aromatic heterocycles. The number of rotatable bonds is 9. The van der Waals surface area contributed by atoms with Crippen LogP contribution in [-0.4, -0.2) is 49.7 Å². The lowest BCUT2D eigenvalue weighted by molar-refractivity contribution is 0.119. The van der Waals surface area contributed by atoms with Crippen LogP contribution >= 0.6 is 35.3 Å². The van der Waals surface area contributed by atoms with E-state index in [4.69, 9.17) is 9.47 Å². The van der Waals surface area contributed by atoms with Crippen molar-refractivity contribution in [2.24, 2.45) is 4.99 Å². The second-order valence-corrected chi connectivity index (χ2v) is 8.69. The van der Waals surface area contributed by atoms with Crippen LogP contribution in [0.1, 0.15) is 55.0 Å². The van der Waals surface area contributed by atoms with Gasteiger partial charge in [-0.3, -0.25) is 4.99 Å². The molecule has 1 aromatic carbocycles. The maximum absolute atomic E-state index is 6.05. The van der Waals surface area contributed by atoms with E-state index in [-0.39, 0.29) is 30.1 Å². The van der Waals surface area contributed by atoms with Gasteiger partial charge < -0.3 is 19.7 Å². The van der Waals surface area contributed by atoms with Crippen LogP contribution in [0, 0.1) is 0 Å². The van der Waals surface area contributed by atoms with Crippen LogP contribution in [0.4, 0.5) is 0 Å². The van der Waals surface area contributed by atoms with E-state index in [2.05, 4.69) is 49.8 Å². The first-order chi connectivity index (χ1) is 14.6. The van der Waals surface area contributed by atoms with Crippen molar-refractivity contribution >= 4 is 41.3 Å². The van der Waals surface area contributed by atoms with Crippen molar-refractivity contribution in [3.05, 3.63) is 45.9 Å². The topological polar surface area (TPSA) is 59.0 Å². The predicted octanol–water partition coefficient (Wildman–Crippen LogP) is 5.04. The lowest BCUT2D eigenvalue weighted by Crippen LogP contribution is -2.39. The normalized spacial score (nSPS) is 15.4. The Kier molecular flexibility index (Phi) is 11.0. The molecule has 1 unspecified atom stereocenters. The van der Waals surface area contributed by atoms with E-state index in [9.17, 15) is 0 Å². The van der Waals surface area contributed by atoms with Crippen molar-refractivity contribution in [1.29, 1.82) is 0 Å². The third kappa shape index (κ3) is 7.91. The fourth-order valence-corrected chi connectivity index (χ4v) is 4.48. The highest BCUT2D eigenvalue weighted by atomic mass is 127. The lowest BCUT2D eigenvalue weighted by Gasteiger charge is -2.21. The average molecular weight is 559 g/mol. The molecule has 1 aliphatic carbocycles. The zero-order chi connectivity index (χ0) is 21.3. The Hall–Kier alpha value is -1.39. The third-order valence-corrected chi connectivity index (χ3v) is 6.52. The predicted molar refractivity (Wildman–Crippen MR) is 139 cm³/mol. The summed E-state index contributed by atoms with van der Waals surface area (Å²) in [5.74, 6) is 1.85. The molecule has 0 bridgehead atoms. The highest BCUT2D eigenvalue weighted by Crippen LogP contribution is 2.24. The molecule has 1 fully saturated rings. The number of nitrogens with zero attached hydrogens (tertiary/aromatic N) is 3. The van der Waals surface area contributed by atoms with Gasteiger partial charge in [0, 0.05) is 33.1 Å². The molecule has 6 nitrogen and oxygen atoms in total. The van der Waals surface area contributed by atoms with Gasteiger partial charge in [0.1, 0.15) is 16.9 Å². The van der Waals surface area contributed by atoms with Crippen molar-refractivity contribution in [3.8, 4) is 5.75 Å². The number of guanidine groups is 1. The fourth-order valence-electron chi connectivity index (χ4n) is 3.64. The van der Waals surface area contributed by atoms with E-state index in [0.717, 1.165) is 35.4 Å². The molecule has 1 N–H and O–H groups in total. The Labute approximate surface area is 207 Å². The Morgan fingerprint density at radius 2 is 2.00 bits per heavy atom. The second-order valence-electron chi connectivity index (χ2n) is 7.80.